The smallest absolute Gasteiger partial charge is 0.326 e. The monoisotopic (exact) mass is 613 g/mol. The van der Waals surface area contributed by atoms with E-state index < -0.39 is 47.9 Å². The minimum absolute atomic E-state index is 0.0000796. The zero-order valence-corrected chi connectivity index (χ0v) is 24.9. The first-order chi connectivity index (χ1) is 20.7. The molecule has 0 saturated carbocycles. The lowest BCUT2D eigenvalue weighted by molar-refractivity contribution is -0.142. The Hall–Kier alpha value is -4.85. The van der Waals surface area contributed by atoms with Crippen molar-refractivity contribution in [3.63, 3.8) is 0 Å². The molecule has 4 unspecified atom stereocenters. The van der Waals surface area contributed by atoms with Crippen molar-refractivity contribution in [2.24, 2.45) is 28.1 Å². The maximum atomic E-state index is 13.5. The number of aromatic hydroxyl groups is 2. The average molecular weight is 614 g/mol. The number of aliphatic carboxylic acids is 1. The van der Waals surface area contributed by atoms with E-state index in [1.54, 1.807) is 12.1 Å². The lowest BCUT2D eigenvalue weighted by Crippen LogP contribution is -2.58. The van der Waals surface area contributed by atoms with Crippen LogP contribution in [0.2, 0.25) is 0 Å². The molecule has 4 atom stereocenters. The molecule has 0 aliphatic rings. The van der Waals surface area contributed by atoms with Gasteiger partial charge in [0.25, 0.3) is 0 Å². The number of aliphatic imine (C=N–C) groups is 1. The van der Waals surface area contributed by atoms with Crippen molar-refractivity contribution in [2.45, 2.75) is 70.1 Å². The Kier molecular flexibility index (Phi) is 13.9. The fourth-order valence-corrected chi connectivity index (χ4v) is 4.36. The molecule has 0 bridgehead atoms. The minimum atomic E-state index is -1.35. The minimum Gasteiger partial charge on any atom is -0.508 e. The van der Waals surface area contributed by atoms with E-state index in [1.165, 1.54) is 36.4 Å². The molecule has 2 aromatic carbocycles. The van der Waals surface area contributed by atoms with E-state index in [1.807, 2.05) is 13.8 Å². The van der Waals surface area contributed by atoms with Crippen LogP contribution in [0.15, 0.2) is 53.5 Å². The molecule has 12 N–H and O–H groups in total. The second kappa shape index (κ2) is 17.3. The largest absolute Gasteiger partial charge is 0.508 e. The fourth-order valence-electron chi connectivity index (χ4n) is 4.36. The number of carbonyl (C=O) groups excluding carboxylic acids is 3. The Labute approximate surface area is 256 Å². The predicted molar refractivity (Wildman–Crippen MR) is 164 cm³/mol. The summed E-state index contributed by atoms with van der Waals surface area (Å²) in [4.78, 5) is 55.8. The number of rotatable bonds is 17. The summed E-state index contributed by atoms with van der Waals surface area (Å²) in [6.45, 7) is 4.01. The lowest BCUT2D eigenvalue weighted by Gasteiger charge is -2.25. The molecule has 2 rings (SSSR count). The highest BCUT2D eigenvalue weighted by atomic mass is 16.4. The Bertz CT molecular complexity index is 1280. The number of guanidine groups is 1. The van der Waals surface area contributed by atoms with E-state index in [-0.39, 0.29) is 49.2 Å². The van der Waals surface area contributed by atoms with Crippen LogP contribution in [0, 0.1) is 5.92 Å². The fraction of sp³-hybridized carbons (Fsp3) is 0.433. The van der Waals surface area contributed by atoms with E-state index in [4.69, 9.17) is 17.2 Å². The molecule has 14 nitrogen and oxygen atoms in total. The van der Waals surface area contributed by atoms with Gasteiger partial charge < -0.3 is 48.5 Å². The normalized spacial score (nSPS) is 13.6. The van der Waals surface area contributed by atoms with Gasteiger partial charge in [0.1, 0.15) is 29.6 Å². The van der Waals surface area contributed by atoms with Crippen LogP contribution in [-0.2, 0) is 32.0 Å². The van der Waals surface area contributed by atoms with Crippen molar-refractivity contribution in [2.75, 3.05) is 6.54 Å². The summed E-state index contributed by atoms with van der Waals surface area (Å²) >= 11 is 0. The summed E-state index contributed by atoms with van der Waals surface area (Å²) < 4.78 is 0. The van der Waals surface area contributed by atoms with Gasteiger partial charge in [0.15, 0.2) is 5.96 Å². The highest BCUT2D eigenvalue weighted by Crippen LogP contribution is 2.14. The molecule has 14 heteroatoms. The van der Waals surface area contributed by atoms with Crippen LogP contribution < -0.4 is 33.2 Å². The van der Waals surface area contributed by atoms with Crippen LogP contribution in [-0.4, -0.2) is 75.7 Å². The van der Waals surface area contributed by atoms with Gasteiger partial charge >= 0.3 is 5.97 Å². The van der Waals surface area contributed by atoms with Gasteiger partial charge in [0, 0.05) is 19.4 Å². The lowest BCUT2D eigenvalue weighted by atomic mass is 10.0. The molecule has 3 amide bonds. The van der Waals surface area contributed by atoms with Crippen LogP contribution in [0.5, 0.6) is 11.5 Å². The number of hydrogen-bond donors (Lipinski definition) is 9. The van der Waals surface area contributed by atoms with E-state index in [0.29, 0.717) is 24.0 Å². The Morgan fingerprint density at radius 3 is 1.68 bits per heavy atom. The third kappa shape index (κ3) is 12.6. The Morgan fingerprint density at radius 1 is 0.750 bits per heavy atom. The van der Waals surface area contributed by atoms with Crippen molar-refractivity contribution < 1.29 is 34.5 Å². The van der Waals surface area contributed by atoms with Gasteiger partial charge in [0.05, 0.1) is 6.04 Å². The predicted octanol–water partition coefficient (Wildman–Crippen LogP) is -0.151. The molecule has 44 heavy (non-hydrogen) atoms. The average Bonchev–Trinajstić information content (AvgIpc) is 2.95. The standard InChI is InChI=1S/C30H43N7O7/c1-17(2)14-22(31)26(40)35-23(4-3-13-34-30(32)33)27(41)36-24(15-18-5-9-20(38)10-6-18)28(42)37-25(29(43)44)16-19-7-11-21(39)12-8-19/h5-12,17,22-25,38-39H,3-4,13-16,31H2,1-2H3,(H,35,40)(H,36,41)(H,37,42)(H,43,44)(H4,32,33,34). The number of hydrogen-bond acceptors (Lipinski definition) is 8. The van der Waals surface area contributed by atoms with Gasteiger partial charge in [-0.05, 0) is 60.6 Å². The molecular formula is C30H43N7O7. The van der Waals surface area contributed by atoms with E-state index in [0.717, 1.165) is 0 Å². The molecule has 0 saturated heterocycles. The van der Waals surface area contributed by atoms with E-state index in [2.05, 4.69) is 20.9 Å². The van der Waals surface area contributed by atoms with Crippen molar-refractivity contribution >= 4 is 29.7 Å². The third-order valence-electron chi connectivity index (χ3n) is 6.64. The second-order valence-corrected chi connectivity index (χ2v) is 10.9. The topological polar surface area (TPSA) is 255 Å². The molecule has 0 heterocycles. The summed E-state index contributed by atoms with van der Waals surface area (Å²) in [6.07, 6.45) is 0.689. The quantitative estimate of drug-likeness (QED) is 0.0647. The first-order valence-corrected chi connectivity index (χ1v) is 14.3. The number of benzene rings is 2. The summed E-state index contributed by atoms with van der Waals surface area (Å²) in [5.41, 5.74) is 17.9. The van der Waals surface area contributed by atoms with Gasteiger partial charge in [-0.3, -0.25) is 19.4 Å². The first-order valence-electron chi connectivity index (χ1n) is 14.3. The van der Waals surface area contributed by atoms with Gasteiger partial charge in [0.2, 0.25) is 17.7 Å². The van der Waals surface area contributed by atoms with E-state index >= 15 is 0 Å². The molecule has 2 aromatic rings. The maximum Gasteiger partial charge on any atom is 0.326 e. The van der Waals surface area contributed by atoms with Crippen molar-refractivity contribution in [1.82, 2.24) is 16.0 Å². The van der Waals surface area contributed by atoms with Gasteiger partial charge in [-0.2, -0.15) is 0 Å². The number of carbonyl (C=O) groups is 4. The van der Waals surface area contributed by atoms with Crippen LogP contribution >= 0.6 is 0 Å². The second-order valence-electron chi connectivity index (χ2n) is 10.9. The number of phenolic OH excluding ortho intramolecular Hbond substituents is 2. The molecule has 240 valence electrons. The summed E-state index contributed by atoms with van der Waals surface area (Å²) in [5, 5.41) is 36.8. The molecular weight excluding hydrogens is 570 g/mol. The molecule has 0 spiro atoms. The number of carboxylic acid groups (broad SMARTS) is 1. The number of nitrogens with one attached hydrogen (secondary N) is 3. The molecule has 0 radical (unpaired) electrons. The molecule has 0 fully saturated rings. The van der Waals surface area contributed by atoms with E-state index in [9.17, 15) is 34.5 Å². The maximum absolute atomic E-state index is 13.5. The third-order valence-corrected chi connectivity index (χ3v) is 6.64. The number of nitrogens with two attached hydrogens (primary N) is 3. The zero-order chi connectivity index (χ0) is 32.8. The number of amides is 3. The highest BCUT2D eigenvalue weighted by molar-refractivity contribution is 5.94. The molecule has 0 aliphatic heterocycles. The van der Waals surface area contributed by atoms with Crippen LogP contribution in [0.25, 0.3) is 0 Å². The highest BCUT2D eigenvalue weighted by Gasteiger charge is 2.30. The van der Waals surface area contributed by atoms with Crippen LogP contribution in [0.4, 0.5) is 0 Å². The van der Waals surface area contributed by atoms with Crippen LogP contribution in [0.1, 0.15) is 44.2 Å². The summed E-state index contributed by atoms with van der Waals surface area (Å²) in [5.74, 6) is -3.30. The summed E-state index contributed by atoms with van der Waals surface area (Å²) in [6, 6.07) is 7.26. The van der Waals surface area contributed by atoms with Crippen molar-refractivity contribution in [1.29, 1.82) is 0 Å². The Balaban J connectivity index is 2.29. The molecule has 0 aromatic heterocycles. The number of phenols is 2. The van der Waals surface area contributed by atoms with Gasteiger partial charge in [-0.25, -0.2) is 4.79 Å². The van der Waals surface area contributed by atoms with Crippen molar-refractivity contribution in [3.05, 3.63) is 59.7 Å². The van der Waals surface area contributed by atoms with Crippen LogP contribution in [0.3, 0.4) is 0 Å². The first kappa shape index (κ1) is 35.3. The summed E-state index contributed by atoms with van der Waals surface area (Å²) in [7, 11) is 0. The number of carboxylic acids is 1. The SMILES string of the molecule is CC(C)CC(N)C(=O)NC(CCCN=C(N)N)C(=O)NC(Cc1ccc(O)cc1)C(=O)NC(Cc1ccc(O)cc1)C(=O)O. The van der Waals surface area contributed by atoms with Gasteiger partial charge in [-0.1, -0.05) is 38.1 Å². The zero-order valence-electron chi connectivity index (χ0n) is 24.9. The number of nitrogens with zero attached hydrogens (tertiary/aromatic N) is 1. The Morgan fingerprint density at radius 2 is 1.20 bits per heavy atom. The molecule has 0 aliphatic carbocycles. The van der Waals surface area contributed by atoms with Gasteiger partial charge in [-0.15, -0.1) is 0 Å². The van der Waals surface area contributed by atoms with Crippen molar-refractivity contribution in [3.8, 4) is 11.5 Å².